The maximum atomic E-state index is 9.37. The lowest BCUT2D eigenvalue weighted by Crippen LogP contribution is -1.97. The van der Waals surface area contributed by atoms with Crippen molar-refractivity contribution in [3.8, 4) is 0 Å². The van der Waals surface area contributed by atoms with Crippen LogP contribution in [0.15, 0.2) is 35.3 Å². The van der Waals surface area contributed by atoms with Crippen molar-refractivity contribution < 1.29 is 5.11 Å². The van der Waals surface area contributed by atoms with Crippen LogP contribution in [0.3, 0.4) is 0 Å². The van der Waals surface area contributed by atoms with Gasteiger partial charge in [-0.25, -0.2) is 0 Å². The van der Waals surface area contributed by atoms with E-state index < -0.39 is 6.10 Å². The summed E-state index contributed by atoms with van der Waals surface area (Å²) in [5.74, 6) is 0. The molecule has 0 aromatic heterocycles. The Hall–Kier alpha value is -1.15. The summed E-state index contributed by atoms with van der Waals surface area (Å²) in [6.45, 7) is 0. The third-order valence-electron chi connectivity index (χ3n) is 1.43. The van der Waals surface area contributed by atoms with E-state index >= 15 is 0 Å². The summed E-state index contributed by atoms with van der Waals surface area (Å²) in [7, 11) is 1.64. The van der Waals surface area contributed by atoms with Crippen molar-refractivity contribution >= 4 is 6.21 Å². The standard InChI is InChI=1S/C9H11NO/c1-10-7-9(11)8-5-3-2-4-6-8/h2-7,9,11H,1H3. The van der Waals surface area contributed by atoms with Crippen LogP contribution in [0, 0.1) is 0 Å². The minimum atomic E-state index is -0.568. The van der Waals surface area contributed by atoms with Crippen LogP contribution >= 0.6 is 0 Å². The lowest BCUT2D eigenvalue weighted by atomic mass is 10.1. The fraction of sp³-hybridized carbons (Fsp3) is 0.222. The van der Waals surface area contributed by atoms with Gasteiger partial charge in [-0.15, -0.1) is 0 Å². The quantitative estimate of drug-likeness (QED) is 0.634. The highest BCUT2D eigenvalue weighted by Crippen LogP contribution is 2.08. The Morgan fingerprint density at radius 3 is 2.55 bits per heavy atom. The van der Waals surface area contributed by atoms with Crippen LogP contribution in [0.25, 0.3) is 0 Å². The Kier molecular flexibility index (Phi) is 2.81. The molecule has 0 saturated carbocycles. The van der Waals surface area contributed by atoms with Gasteiger partial charge in [0, 0.05) is 13.3 Å². The smallest absolute Gasteiger partial charge is 0.114 e. The summed E-state index contributed by atoms with van der Waals surface area (Å²) in [5.41, 5.74) is 0.873. The summed E-state index contributed by atoms with van der Waals surface area (Å²) < 4.78 is 0. The predicted molar refractivity (Wildman–Crippen MR) is 45.8 cm³/mol. The highest BCUT2D eigenvalue weighted by Gasteiger charge is 2.00. The Balaban J connectivity index is 2.76. The monoisotopic (exact) mass is 149 g/mol. The Bertz CT molecular complexity index is 231. The first kappa shape index (κ1) is 7.95. The van der Waals surface area contributed by atoms with Crippen molar-refractivity contribution in [1.29, 1.82) is 0 Å². The molecule has 0 aliphatic rings. The number of hydrogen-bond donors (Lipinski definition) is 1. The van der Waals surface area contributed by atoms with Gasteiger partial charge in [-0.05, 0) is 5.56 Å². The number of aliphatic hydroxyl groups excluding tert-OH is 1. The van der Waals surface area contributed by atoms with Gasteiger partial charge in [0.15, 0.2) is 0 Å². The highest BCUT2D eigenvalue weighted by atomic mass is 16.3. The van der Waals surface area contributed by atoms with E-state index in [0.717, 1.165) is 5.56 Å². The summed E-state index contributed by atoms with van der Waals surface area (Å²) in [6, 6.07) is 9.43. The van der Waals surface area contributed by atoms with Crippen molar-refractivity contribution in [2.45, 2.75) is 6.10 Å². The van der Waals surface area contributed by atoms with Crippen LogP contribution in [0.2, 0.25) is 0 Å². The molecule has 1 unspecified atom stereocenters. The molecule has 0 radical (unpaired) electrons. The Morgan fingerprint density at radius 2 is 2.00 bits per heavy atom. The molecule has 0 saturated heterocycles. The molecular formula is C9H11NO. The summed E-state index contributed by atoms with van der Waals surface area (Å²) in [6.07, 6.45) is 0.941. The molecule has 0 heterocycles. The van der Waals surface area contributed by atoms with Crippen molar-refractivity contribution in [2.24, 2.45) is 4.99 Å². The average molecular weight is 149 g/mol. The third-order valence-corrected chi connectivity index (χ3v) is 1.43. The minimum Gasteiger partial charge on any atom is -0.383 e. The zero-order chi connectivity index (χ0) is 8.10. The number of aliphatic hydroxyl groups is 1. The molecule has 0 spiro atoms. The zero-order valence-electron chi connectivity index (χ0n) is 6.44. The first-order valence-corrected chi connectivity index (χ1v) is 3.50. The molecule has 1 rings (SSSR count). The molecule has 1 aromatic carbocycles. The van der Waals surface area contributed by atoms with E-state index in [0.29, 0.717) is 0 Å². The van der Waals surface area contributed by atoms with Gasteiger partial charge in [0.1, 0.15) is 6.10 Å². The molecule has 0 amide bonds. The highest BCUT2D eigenvalue weighted by molar-refractivity contribution is 5.65. The normalized spacial score (nSPS) is 13.6. The number of hydrogen-bond acceptors (Lipinski definition) is 2. The second kappa shape index (κ2) is 3.88. The van der Waals surface area contributed by atoms with E-state index in [1.54, 1.807) is 7.05 Å². The van der Waals surface area contributed by atoms with E-state index in [4.69, 9.17) is 0 Å². The van der Waals surface area contributed by atoms with Gasteiger partial charge in [0.2, 0.25) is 0 Å². The van der Waals surface area contributed by atoms with Crippen LogP contribution in [0.4, 0.5) is 0 Å². The SMILES string of the molecule is CN=CC(O)c1ccccc1. The molecular weight excluding hydrogens is 138 g/mol. The Labute approximate surface area is 66.2 Å². The summed E-state index contributed by atoms with van der Waals surface area (Å²) in [4.78, 5) is 3.74. The van der Waals surface area contributed by atoms with E-state index in [9.17, 15) is 5.11 Å². The third kappa shape index (κ3) is 2.16. The number of aliphatic imine (C=N–C) groups is 1. The van der Waals surface area contributed by atoms with Crippen LogP contribution in [-0.4, -0.2) is 18.4 Å². The lowest BCUT2D eigenvalue weighted by Gasteiger charge is -2.02. The van der Waals surface area contributed by atoms with Crippen molar-refractivity contribution in [3.05, 3.63) is 35.9 Å². The molecule has 0 bridgehead atoms. The van der Waals surface area contributed by atoms with Crippen molar-refractivity contribution in [1.82, 2.24) is 0 Å². The first-order chi connectivity index (χ1) is 5.34. The molecule has 0 aliphatic carbocycles. The van der Waals surface area contributed by atoms with Crippen molar-refractivity contribution in [2.75, 3.05) is 7.05 Å². The maximum Gasteiger partial charge on any atom is 0.114 e. The number of benzene rings is 1. The second-order valence-corrected chi connectivity index (χ2v) is 2.26. The fourth-order valence-corrected chi connectivity index (χ4v) is 0.877. The van der Waals surface area contributed by atoms with Crippen LogP contribution in [0.1, 0.15) is 11.7 Å². The van der Waals surface area contributed by atoms with Gasteiger partial charge in [-0.3, -0.25) is 4.99 Å². The molecule has 0 aliphatic heterocycles. The van der Waals surface area contributed by atoms with Gasteiger partial charge >= 0.3 is 0 Å². The second-order valence-electron chi connectivity index (χ2n) is 2.26. The van der Waals surface area contributed by atoms with Gasteiger partial charge in [0.05, 0.1) is 0 Å². The molecule has 0 fully saturated rings. The molecule has 2 heteroatoms. The first-order valence-electron chi connectivity index (χ1n) is 3.50. The predicted octanol–water partition coefficient (Wildman–Crippen LogP) is 1.42. The molecule has 11 heavy (non-hydrogen) atoms. The van der Waals surface area contributed by atoms with Gasteiger partial charge in [-0.2, -0.15) is 0 Å². The van der Waals surface area contributed by atoms with Crippen LogP contribution < -0.4 is 0 Å². The van der Waals surface area contributed by atoms with E-state index in [1.807, 2.05) is 30.3 Å². The van der Waals surface area contributed by atoms with Crippen molar-refractivity contribution in [3.63, 3.8) is 0 Å². The Morgan fingerprint density at radius 1 is 1.36 bits per heavy atom. The summed E-state index contributed by atoms with van der Waals surface area (Å²) in [5, 5.41) is 9.37. The van der Waals surface area contributed by atoms with Gasteiger partial charge < -0.3 is 5.11 Å². The number of rotatable bonds is 2. The fourth-order valence-electron chi connectivity index (χ4n) is 0.877. The molecule has 1 aromatic rings. The van der Waals surface area contributed by atoms with Crippen LogP contribution in [-0.2, 0) is 0 Å². The van der Waals surface area contributed by atoms with Gasteiger partial charge in [0.25, 0.3) is 0 Å². The minimum absolute atomic E-state index is 0.568. The lowest BCUT2D eigenvalue weighted by molar-refractivity contribution is 0.252. The largest absolute Gasteiger partial charge is 0.383 e. The van der Waals surface area contributed by atoms with Gasteiger partial charge in [-0.1, -0.05) is 30.3 Å². The van der Waals surface area contributed by atoms with E-state index in [2.05, 4.69) is 4.99 Å². The van der Waals surface area contributed by atoms with E-state index in [1.165, 1.54) is 6.21 Å². The zero-order valence-corrected chi connectivity index (χ0v) is 6.44. The number of nitrogens with zero attached hydrogens (tertiary/aromatic N) is 1. The molecule has 2 nitrogen and oxygen atoms in total. The topological polar surface area (TPSA) is 32.6 Å². The summed E-state index contributed by atoms with van der Waals surface area (Å²) >= 11 is 0. The van der Waals surface area contributed by atoms with E-state index in [-0.39, 0.29) is 0 Å². The van der Waals surface area contributed by atoms with Crippen LogP contribution in [0.5, 0.6) is 0 Å². The molecule has 1 atom stereocenters. The maximum absolute atomic E-state index is 9.37. The molecule has 1 N–H and O–H groups in total. The molecule has 58 valence electrons. The average Bonchev–Trinajstić information content (AvgIpc) is 2.07.